The summed E-state index contributed by atoms with van der Waals surface area (Å²) in [4.78, 5) is 19.9. The SMILES string of the molecule is Cc1nc(C)c(C(=O)N2CCCC[C@H]2c2cc3n(n2)[C@@H](C(F)(F)F)C[C@@H](C)N3)s1. The van der Waals surface area contributed by atoms with Gasteiger partial charge >= 0.3 is 6.18 Å². The summed E-state index contributed by atoms with van der Waals surface area (Å²) in [6.07, 6.45) is -1.97. The third kappa shape index (κ3) is 3.74. The summed E-state index contributed by atoms with van der Waals surface area (Å²) in [6.45, 7) is 5.97. The number of nitrogens with one attached hydrogen (secondary N) is 1. The molecule has 158 valence electrons. The molecule has 0 spiro atoms. The topological polar surface area (TPSA) is 63.1 Å². The second kappa shape index (κ2) is 7.30. The Balaban J connectivity index is 1.68. The number of amides is 1. The second-order valence-corrected chi connectivity index (χ2v) is 9.10. The first-order chi connectivity index (χ1) is 13.6. The number of aryl methyl sites for hydroxylation is 2. The molecule has 2 aliphatic heterocycles. The van der Waals surface area contributed by atoms with Gasteiger partial charge in [0.25, 0.3) is 5.91 Å². The maximum absolute atomic E-state index is 13.6. The van der Waals surface area contributed by atoms with Gasteiger partial charge in [-0.05, 0) is 46.5 Å². The van der Waals surface area contributed by atoms with Crippen LogP contribution in [-0.2, 0) is 0 Å². The molecule has 0 radical (unpaired) electrons. The third-order valence-corrected chi connectivity index (χ3v) is 6.66. The van der Waals surface area contributed by atoms with Crippen molar-refractivity contribution in [3.8, 4) is 0 Å². The fourth-order valence-corrected chi connectivity index (χ4v) is 5.16. The van der Waals surface area contributed by atoms with E-state index in [-0.39, 0.29) is 24.4 Å². The summed E-state index contributed by atoms with van der Waals surface area (Å²) in [5, 5.41) is 8.26. The molecule has 0 aromatic carbocycles. The molecule has 0 unspecified atom stereocenters. The Bertz CT molecular complexity index is 922. The van der Waals surface area contributed by atoms with Gasteiger partial charge in [-0.25, -0.2) is 9.67 Å². The number of nitrogens with zero attached hydrogens (tertiary/aromatic N) is 4. The number of likely N-dealkylation sites (tertiary alicyclic amines) is 1. The molecular formula is C19H24F3N5OS. The van der Waals surface area contributed by atoms with E-state index in [1.54, 1.807) is 17.9 Å². The highest BCUT2D eigenvalue weighted by molar-refractivity contribution is 7.13. The Morgan fingerprint density at radius 2 is 2.07 bits per heavy atom. The number of thiazole rings is 1. The van der Waals surface area contributed by atoms with Crippen LogP contribution in [0.15, 0.2) is 6.07 Å². The van der Waals surface area contributed by atoms with Crippen LogP contribution in [0.2, 0.25) is 0 Å². The summed E-state index contributed by atoms with van der Waals surface area (Å²) in [6, 6.07) is -0.607. The number of piperidine rings is 1. The van der Waals surface area contributed by atoms with Gasteiger partial charge in [-0.3, -0.25) is 4.79 Å². The van der Waals surface area contributed by atoms with Gasteiger partial charge in [0.05, 0.1) is 22.4 Å². The van der Waals surface area contributed by atoms with Crippen molar-refractivity contribution < 1.29 is 18.0 Å². The minimum Gasteiger partial charge on any atom is -0.368 e. The molecule has 1 saturated heterocycles. The lowest BCUT2D eigenvalue weighted by atomic mass is 9.99. The predicted octanol–water partition coefficient (Wildman–Crippen LogP) is 4.63. The fourth-order valence-electron chi connectivity index (χ4n) is 4.28. The van der Waals surface area contributed by atoms with E-state index in [1.165, 1.54) is 11.3 Å². The normalized spacial score (nSPS) is 24.9. The molecule has 0 bridgehead atoms. The zero-order valence-corrected chi connectivity index (χ0v) is 17.4. The maximum Gasteiger partial charge on any atom is 0.410 e. The zero-order valence-electron chi connectivity index (χ0n) is 16.6. The van der Waals surface area contributed by atoms with E-state index in [4.69, 9.17) is 0 Å². The Hall–Kier alpha value is -2.10. The van der Waals surface area contributed by atoms with Gasteiger partial charge in [-0.15, -0.1) is 11.3 Å². The molecule has 4 rings (SSSR count). The zero-order chi connectivity index (χ0) is 20.9. The summed E-state index contributed by atoms with van der Waals surface area (Å²) < 4.78 is 41.7. The number of halogens is 3. The van der Waals surface area contributed by atoms with Crippen molar-refractivity contribution >= 4 is 23.1 Å². The third-order valence-electron chi connectivity index (χ3n) is 5.60. The van der Waals surface area contributed by atoms with Crippen LogP contribution < -0.4 is 5.32 Å². The molecule has 3 atom stereocenters. The van der Waals surface area contributed by atoms with Gasteiger partial charge in [0.15, 0.2) is 6.04 Å². The molecule has 10 heteroatoms. The van der Waals surface area contributed by atoms with Crippen molar-refractivity contribution in [2.45, 2.75) is 70.8 Å². The summed E-state index contributed by atoms with van der Waals surface area (Å²) in [7, 11) is 0. The highest BCUT2D eigenvalue weighted by atomic mass is 32.1. The lowest BCUT2D eigenvalue weighted by Gasteiger charge is -2.34. The van der Waals surface area contributed by atoms with Crippen molar-refractivity contribution in [3.05, 3.63) is 27.3 Å². The monoisotopic (exact) mass is 427 g/mol. The molecule has 1 N–H and O–H groups in total. The smallest absolute Gasteiger partial charge is 0.368 e. The van der Waals surface area contributed by atoms with Crippen LogP contribution in [0.1, 0.15) is 70.8 Å². The number of alkyl halides is 3. The van der Waals surface area contributed by atoms with Crippen molar-refractivity contribution in [3.63, 3.8) is 0 Å². The van der Waals surface area contributed by atoms with Crippen LogP contribution in [0.4, 0.5) is 19.0 Å². The Morgan fingerprint density at radius 1 is 1.31 bits per heavy atom. The molecular weight excluding hydrogens is 403 g/mol. The van der Waals surface area contributed by atoms with Gasteiger partial charge in [-0.1, -0.05) is 0 Å². The van der Waals surface area contributed by atoms with Crippen molar-refractivity contribution in [2.75, 3.05) is 11.9 Å². The van der Waals surface area contributed by atoms with E-state index in [9.17, 15) is 18.0 Å². The van der Waals surface area contributed by atoms with Crippen LogP contribution in [0.5, 0.6) is 0 Å². The van der Waals surface area contributed by atoms with E-state index in [2.05, 4.69) is 15.4 Å². The van der Waals surface area contributed by atoms with Crippen molar-refractivity contribution in [2.24, 2.45) is 0 Å². The first-order valence-corrected chi connectivity index (χ1v) is 10.6. The van der Waals surface area contributed by atoms with E-state index < -0.39 is 12.2 Å². The molecule has 0 saturated carbocycles. The minimum atomic E-state index is -4.37. The predicted molar refractivity (Wildman–Crippen MR) is 104 cm³/mol. The van der Waals surface area contributed by atoms with Gasteiger partial charge in [0, 0.05) is 18.7 Å². The largest absolute Gasteiger partial charge is 0.410 e. The van der Waals surface area contributed by atoms with Crippen LogP contribution >= 0.6 is 11.3 Å². The quantitative estimate of drug-likeness (QED) is 0.759. The number of carbonyl (C=O) groups is 1. The van der Waals surface area contributed by atoms with Crippen LogP contribution in [0.3, 0.4) is 0 Å². The van der Waals surface area contributed by atoms with Gasteiger partial charge < -0.3 is 10.2 Å². The Morgan fingerprint density at radius 3 is 2.72 bits per heavy atom. The summed E-state index contributed by atoms with van der Waals surface area (Å²) in [5.74, 6) is 0.251. The highest BCUT2D eigenvalue weighted by Gasteiger charge is 2.46. The molecule has 0 aliphatic carbocycles. The average Bonchev–Trinajstić information content (AvgIpc) is 3.22. The number of hydrogen-bond donors (Lipinski definition) is 1. The molecule has 2 aliphatic rings. The van der Waals surface area contributed by atoms with Crippen molar-refractivity contribution in [1.29, 1.82) is 0 Å². The molecule has 2 aromatic rings. The van der Waals surface area contributed by atoms with Gasteiger partial charge in [-0.2, -0.15) is 18.3 Å². The number of rotatable bonds is 2. The van der Waals surface area contributed by atoms with Crippen LogP contribution in [0.25, 0.3) is 0 Å². The van der Waals surface area contributed by atoms with E-state index in [0.717, 1.165) is 22.5 Å². The molecule has 1 amide bonds. The number of aromatic nitrogens is 3. The highest BCUT2D eigenvalue weighted by Crippen LogP contribution is 2.41. The number of hydrogen-bond acceptors (Lipinski definition) is 5. The first kappa shape index (κ1) is 20.2. The lowest BCUT2D eigenvalue weighted by Crippen LogP contribution is -2.39. The summed E-state index contributed by atoms with van der Waals surface area (Å²) in [5.41, 5.74) is 1.21. The molecule has 2 aromatic heterocycles. The van der Waals surface area contributed by atoms with E-state index in [1.807, 2.05) is 13.8 Å². The van der Waals surface area contributed by atoms with Crippen molar-refractivity contribution in [1.82, 2.24) is 19.7 Å². The standard InChI is InChI=1S/C19H24F3N5OS/c1-10-8-15(19(20,21)22)27-16(23-10)9-13(25-27)14-6-4-5-7-26(14)18(28)17-11(2)24-12(3)29-17/h9-10,14-15,23H,4-8H2,1-3H3/t10-,14+,15-/m1/s1. The second-order valence-electron chi connectivity index (χ2n) is 7.90. The minimum absolute atomic E-state index is 0.0652. The lowest BCUT2D eigenvalue weighted by molar-refractivity contribution is -0.173. The van der Waals surface area contributed by atoms with E-state index >= 15 is 0 Å². The number of carbonyl (C=O) groups excluding carboxylic acids is 1. The maximum atomic E-state index is 13.6. The number of anilines is 1. The van der Waals surface area contributed by atoms with Crippen LogP contribution in [-0.4, -0.2) is 44.3 Å². The molecule has 4 heterocycles. The molecule has 1 fully saturated rings. The number of fused-ring (bicyclic) bond motifs is 1. The molecule has 29 heavy (non-hydrogen) atoms. The fraction of sp³-hybridized carbons (Fsp3) is 0.632. The van der Waals surface area contributed by atoms with E-state index in [0.29, 0.717) is 35.0 Å². The first-order valence-electron chi connectivity index (χ1n) is 9.83. The average molecular weight is 427 g/mol. The summed E-state index contributed by atoms with van der Waals surface area (Å²) >= 11 is 1.36. The Labute approximate surface area is 171 Å². The Kier molecular flexibility index (Phi) is 5.08. The van der Waals surface area contributed by atoms with Crippen LogP contribution in [0, 0.1) is 13.8 Å². The van der Waals surface area contributed by atoms with Gasteiger partial charge in [0.2, 0.25) is 0 Å². The van der Waals surface area contributed by atoms with Gasteiger partial charge in [0.1, 0.15) is 10.7 Å². The molecule has 6 nitrogen and oxygen atoms in total.